The summed E-state index contributed by atoms with van der Waals surface area (Å²) >= 11 is 0. The van der Waals surface area contributed by atoms with Gasteiger partial charge in [0.2, 0.25) is 11.8 Å². The Hall–Kier alpha value is -1.36. The van der Waals surface area contributed by atoms with Crippen molar-refractivity contribution in [2.45, 2.75) is 19.3 Å². The van der Waals surface area contributed by atoms with Crippen LogP contribution in [0.4, 0.5) is 0 Å². The molecular weight excluding hydrogens is 206 g/mol. The summed E-state index contributed by atoms with van der Waals surface area (Å²) in [7, 11) is 3.87. The lowest BCUT2D eigenvalue weighted by Crippen LogP contribution is -2.23. The molecule has 0 aromatic carbocycles. The minimum Gasteiger partial charge on any atom is -0.370 e. The molecule has 0 bridgehead atoms. The number of nitrogens with two attached hydrogens (primary N) is 1. The molecule has 0 radical (unpaired) electrons. The van der Waals surface area contributed by atoms with Crippen molar-refractivity contribution in [2.75, 3.05) is 27.2 Å². The molecule has 0 unspecified atom stereocenters. The van der Waals surface area contributed by atoms with Crippen molar-refractivity contribution in [3.05, 3.63) is 12.2 Å². The molecule has 5 nitrogen and oxygen atoms in total. The zero-order valence-electron chi connectivity index (χ0n) is 10.0. The lowest BCUT2D eigenvalue weighted by molar-refractivity contribution is -0.118. The Balaban J connectivity index is 3.43. The molecule has 0 saturated heterocycles. The molecule has 0 aromatic rings. The van der Waals surface area contributed by atoms with Crippen LogP contribution in [0.3, 0.4) is 0 Å². The van der Waals surface area contributed by atoms with Gasteiger partial charge in [0, 0.05) is 25.6 Å². The van der Waals surface area contributed by atoms with Crippen LogP contribution in [0.5, 0.6) is 0 Å². The molecule has 0 saturated carbocycles. The quantitative estimate of drug-likeness (QED) is 0.448. The molecule has 0 rings (SSSR count). The van der Waals surface area contributed by atoms with Gasteiger partial charge in [0.1, 0.15) is 0 Å². The van der Waals surface area contributed by atoms with Crippen molar-refractivity contribution in [3.63, 3.8) is 0 Å². The molecular formula is C11H21N3O2. The smallest absolute Gasteiger partial charge is 0.243 e. The number of nitrogens with zero attached hydrogens (tertiary/aromatic N) is 1. The third kappa shape index (κ3) is 10.7. The van der Waals surface area contributed by atoms with Crippen LogP contribution in [-0.2, 0) is 9.59 Å². The van der Waals surface area contributed by atoms with Gasteiger partial charge in [-0.05, 0) is 26.9 Å². The zero-order chi connectivity index (χ0) is 12.4. The first-order valence-corrected chi connectivity index (χ1v) is 5.39. The van der Waals surface area contributed by atoms with Gasteiger partial charge < -0.3 is 16.0 Å². The van der Waals surface area contributed by atoms with Crippen LogP contribution < -0.4 is 11.1 Å². The largest absolute Gasteiger partial charge is 0.370 e. The molecule has 0 heterocycles. The van der Waals surface area contributed by atoms with Gasteiger partial charge in [0.25, 0.3) is 0 Å². The number of primary amides is 1. The fourth-order valence-corrected chi connectivity index (χ4v) is 1.07. The predicted molar refractivity (Wildman–Crippen MR) is 63.7 cm³/mol. The standard InChI is InChI=1S/C11H21N3O2/c1-14(2)9-5-7-11(16)13-8-4-3-6-10(12)15/h5,7H,3-4,6,8-9H2,1-2H3,(H2,12,15)(H,13,16). The molecule has 16 heavy (non-hydrogen) atoms. The van der Waals surface area contributed by atoms with Crippen molar-refractivity contribution in [1.29, 1.82) is 0 Å². The van der Waals surface area contributed by atoms with Crippen LogP contribution in [0, 0.1) is 0 Å². The molecule has 0 aliphatic heterocycles. The number of carbonyl (C=O) groups excluding carboxylic acids is 2. The summed E-state index contributed by atoms with van der Waals surface area (Å²) in [5.41, 5.74) is 4.99. The number of carbonyl (C=O) groups is 2. The van der Waals surface area contributed by atoms with Crippen molar-refractivity contribution in [3.8, 4) is 0 Å². The molecule has 2 amide bonds. The Morgan fingerprint density at radius 2 is 2.00 bits per heavy atom. The predicted octanol–water partition coefficient (Wildman–Crippen LogP) is -0.124. The second-order valence-electron chi connectivity index (χ2n) is 3.88. The Morgan fingerprint density at radius 1 is 1.31 bits per heavy atom. The topological polar surface area (TPSA) is 75.4 Å². The average molecular weight is 227 g/mol. The number of hydrogen-bond acceptors (Lipinski definition) is 3. The van der Waals surface area contributed by atoms with Gasteiger partial charge in [-0.25, -0.2) is 0 Å². The number of nitrogens with one attached hydrogen (secondary N) is 1. The van der Waals surface area contributed by atoms with E-state index < -0.39 is 0 Å². The summed E-state index contributed by atoms with van der Waals surface area (Å²) in [5, 5.41) is 2.73. The highest BCUT2D eigenvalue weighted by Gasteiger charge is 1.96. The minimum absolute atomic E-state index is 0.0964. The fraction of sp³-hybridized carbons (Fsp3) is 0.636. The van der Waals surface area contributed by atoms with Crippen molar-refractivity contribution in [2.24, 2.45) is 5.73 Å². The van der Waals surface area contributed by atoms with Gasteiger partial charge in [-0.15, -0.1) is 0 Å². The minimum atomic E-state index is -0.294. The number of amides is 2. The molecule has 0 aliphatic rings. The molecule has 92 valence electrons. The van der Waals surface area contributed by atoms with E-state index in [2.05, 4.69) is 5.32 Å². The molecule has 5 heteroatoms. The van der Waals surface area contributed by atoms with E-state index in [1.165, 1.54) is 6.08 Å². The highest BCUT2D eigenvalue weighted by Crippen LogP contribution is 1.92. The highest BCUT2D eigenvalue weighted by atomic mass is 16.1. The summed E-state index contributed by atoms with van der Waals surface area (Å²) in [4.78, 5) is 23.6. The first kappa shape index (κ1) is 14.6. The van der Waals surface area contributed by atoms with E-state index >= 15 is 0 Å². The number of hydrogen-bond donors (Lipinski definition) is 2. The van der Waals surface area contributed by atoms with Crippen molar-refractivity contribution >= 4 is 11.8 Å². The second-order valence-corrected chi connectivity index (χ2v) is 3.88. The Labute approximate surface area is 96.7 Å². The van der Waals surface area contributed by atoms with E-state index in [0.717, 1.165) is 19.4 Å². The average Bonchev–Trinajstić information content (AvgIpc) is 2.16. The molecule has 0 atom stereocenters. The van der Waals surface area contributed by atoms with Crippen LogP contribution in [0.2, 0.25) is 0 Å². The number of likely N-dealkylation sites (N-methyl/N-ethyl adjacent to an activating group) is 1. The normalized spacial score (nSPS) is 10.9. The van der Waals surface area contributed by atoms with Crippen LogP contribution in [0.15, 0.2) is 12.2 Å². The first-order chi connectivity index (χ1) is 7.52. The van der Waals surface area contributed by atoms with Crippen LogP contribution in [-0.4, -0.2) is 43.9 Å². The van der Waals surface area contributed by atoms with E-state index in [0.29, 0.717) is 13.0 Å². The maximum Gasteiger partial charge on any atom is 0.243 e. The van der Waals surface area contributed by atoms with Gasteiger partial charge in [-0.3, -0.25) is 9.59 Å². The Bertz CT molecular complexity index is 250. The van der Waals surface area contributed by atoms with Crippen molar-refractivity contribution in [1.82, 2.24) is 10.2 Å². The second kappa shape index (κ2) is 8.91. The number of unbranched alkanes of at least 4 members (excludes halogenated alkanes) is 1. The highest BCUT2D eigenvalue weighted by molar-refractivity contribution is 5.87. The summed E-state index contributed by atoms with van der Waals surface area (Å²) < 4.78 is 0. The summed E-state index contributed by atoms with van der Waals surface area (Å²) in [5.74, 6) is -0.391. The van der Waals surface area contributed by atoms with Gasteiger partial charge in [0.05, 0.1) is 0 Å². The van der Waals surface area contributed by atoms with E-state index in [1.807, 2.05) is 19.0 Å². The van der Waals surface area contributed by atoms with Crippen molar-refractivity contribution < 1.29 is 9.59 Å². The van der Waals surface area contributed by atoms with E-state index in [1.54, 1.807) is 6.08 Å². The fourth-order valence-electron chi connectivity index (χ4n) is 1.07. The van der Waals surface area contributed by atoms with Gasteiger partial charge in [-0.2, -0.15) is 0 Å². The summed E-state index contributed by atoms with van der Waals surface area (Å²) in [6, 6.07) is 0. The van der Waals surface area contributed by atoms with Crippen LogP contribution in [0.1, 0.15) is 19.3 Å². The third-order valence-corrected chi connectivity index (χ3v) is 1.89. The molecule has 0 spiro atoms. The molecule has 0 fully saturated rings. The SMILES string of the molecule is CN(C)CC=CC(=O)NCCCCC(N)=O. The monoisotopic (exact) mass is 227 g/mol. The zero-order valence-corrected chi connectivity index (χ0v) is 10.0. The molecule has 0 aliphatic carbocycles. The lowest BCUT2D eigenvalue weighted by atomic mass is 10.2. The van der Waals surface area contributed by atoms with Gasteiger partial charge in [-0.1, -0.05) is 6.08 Å². The number of rotatable bonds is 8. The molecule has 3 N–H and O–H groups in total. The van der Waals surface area contributed by atoms with E-state index in [-0.39, 0.29) is 11.8 Å². The first-order valence-electron chi connectivity index (χ1n) is 5.39. The van der Waals surface area contributed by atoms with E-state index in [4.69, 9.17) is 5.73 Å². The van der Waals surface area contributed by atoms with Crippen LogP contribution in [0.25, 0.3) is 0 Å². The maximum atomic E-state index is 11.2. The third-order valence-electron chi connectivity index (χ3n) is 1.89. The summed E-state index contributed by atoms with van der Waals surface area (Å²) in [6.45, 7) is 1.33. The Kier molecular flexibility index (Phi) is 8.15. The lowest BCUT2D eigenvalue weighted by Gasteiger charge is -2.04. The van der Waals surface area contributed by atoms with Crippen LogP contribution >= 0.6 is 0 Å². The van der Waals surface area contributed by atoms with Gasteiger partial charge >= 0.3 is 0 Å². The maximum absolute atomic E-state index is 11.2. The Morgan fingerprint density at radius 3 is 2.56 bits per heavy atom. The van der Waals surface area contributed by atoms with Gasteiger partial charge in [0.15, 0.2) is 0 Å². The van der Waals surface area contributed by atoms with E-state index in [9.17, 15) is 9.59 Å². The summed E-state index contributed by atoms with van der Waals surface area (Å²) in [6.07, 6.45) is 5.20. The molecule has 0 aromatic heterocycles.